The summed E-state index contributed by atoms with van der Waals surface area (Å²) in [5.41, 5.74) is 10.5. The van der Waals surface area contributed by atoms with Gasteiger partial charge in [-0.15, -0.1) is 0 Å². The molecule has 1 unspecified atom stereocenters. The fraction of sp³-hybridized carbons (Fsp3) is 0.0652. The van der Waals surface area contributed by atoms with Gasteiger partial charge in [-0.3, -0.25) is 4.79 Å². The summed E-state index contributed by atoms with van der Waals surface area (Å²) in [7, 11) is 3.60. The van der Waals surface area contributed by atoms with Crippen molar-refractivity contribution in [2.24, 2.45) is 9.98 Å². The van der Waals surface area contributed by atoms with E-state index in [1.165, 1.54) is 5.39 Å². The zero-order valence-corrected chi connectivity index (χ0v) is 29.2. The van der Waals surface area contributed by atoms with Crippen LogP contribution in [0.5, 0.6) is 0 Å². The van der Waals surface area contributed by atoms with Crippen LogP contribution in [-0.2, 0) is 4.79 Å². The molecule has 1 aromatic heterocycles. The first-order chi connectivity index (χ1) is 26.0. The van der Waals surface area contributed by atoms with Gasteiger partial charge in [-0.05, 0) is 87.1 Å². The average molecular weight is 690 g/mol. The van der Waals surface area contributed by atoms with Gasteiger partial charge in [-0.2, -0.15) is 0 Å². The highest BCUT2D eigenvalue weighted by atomic mass is 16.3. The fourth-order valence-corrected chi connectivity index (χ4v) is 7.13. The van der Waals surface area contributed by atoms with E-state index in [9.17, 15) is 4.79 Å². The van der Waals surface area contributed by atoms with E-state index in [-0.39, 0.29) is 6.17 Å². The predicted molar refractivity (Wildman–Crippen MR) is 218 cm³/mol. The second-order valence-electron chi connectivity index (χ2n) is 13.2. The Morgan fingerprint density at radius 2 is 1.28 bits per heavy atom. The standard InChI is InChI=1S/C46H35N5O2/c1-47-40-20-18-35(26-41(40)51(2)28-52)31-15-9-17-37(23-31)46-49-44(29-10-4-3-5-11-29)48-45(50-46)36-16-8-14-30(22-36)34-19-21-42-38(25-34)39-24-32-12-6-7-13-33(32)27-43(39)53-42/h3-28,44,47H,1-2H3,(H,48,49,50). The Kier molecular flexibility index (Phi) is 8.01. The average Bonchev–Trinajstić information content (AvgIpc) is 3.59. The molecule has 1 aliphatic heterocycles. The van der Waals surface area contributed by atoms with Crippen molar-refractivity contribution in [2.75, 3.05) is 24.3 Å². The second kappa shape index (κ2) is 13.3. The normalized spacial score (nSPS) is 14.1. The molecule has 256 valence electrons. The molecule has 1 aliphatic rings. The molecule has 0 spiro atoms. The van der Waals surface area contributed by atoms with E-state index in [0.717, 1.165) is 89.9 Å². The lowest BCUT2D eigenvalue weighted by Gasteiger charge is -2.24. The minimum Gasteiger partial charge on any atom is -0.456 e. The van der Waals surface area contributed by atoms with Crippen LogP contribution < -0.4 is 15.5 Å². The van der Waals surface area contributed by atoms with Gasteiger partial charge in [0.05, 0.1) is 11.4 Å². The van der Waals surface area contributed by atoms with Crippen LogP contribution in [-0.4, -0.2) is 32.2 Å². The van der Waals surface area contributed by atoms with E-state index in [1.54, 1.807) is 11.9 Å². The lowest BCUT2D eigenvalue weighted by Crippen LogP contribution is -2.33. The molecule has 2 heterocycles. The Balaban J connectivity index is 1.11. The lowest BCUT2D eigenvalue weighted by molar-refractivity contribution is -0.107. The molecular formula is C46H35N5O2. The highest BCUT2D eigenvalue weighted by molar-refractivity contribution is 6.14. The van der Waals surface area contributed by atoms with E-state index in [4.69, 9.17) is 14.4 Å². The van der Waals surface area contributed by atoms with Crippen molar-refractivity contribution < 1.29 is 9.21 Å². The number of aliphatic imine (C=N–C) groups is 2. The second-order valence-corrected chi connectivity index (χ2v) is 13.2. The van der Waals surface area contributed by atoms with Gasteiger partial charge in [0.15, 0.2) is 5.84 Å². The summed E-state index contributed by atoms with van der Waals surface area (Å²) >= 11 is 0. The summed E-state index contributed by atoms with van der Waals surface area (Å²) in [6.45, 7) is 0. The SMILES string of the molecule is CNc1ccc(-c2cccc(C3=NC(c4cccc(-c5ccc6oc7cc8ccccc8cc7c6c5)c4)=NC(c4ccccc4)N3)c2)cc1N(C)C=O. The summed E-state index contributed by atoms with van der Waals surface area (Å²) in [6.07, 6.45) is 0.480. The maximum atomic E-state index is 11.7. The zero-order valence-electron chi connectivity index (χ0n) is 29.2. The third kappa shape index (κ3) is 5.98. The van der Waals surface area contributed by atoms with Crippen LogP contribution in [0.2, 0.25) is 0 Å². The summed E-state index contributed by atoms with van der Waals surface area (Å²) in [5, 5.41) is 11.3. The third-order valence-electron chi connectivity index (χ3n) is 9.92. The molecule has 0 bridgehead atoms. The highest BCUT2D eigenvalue weighted by Crippen LogP contribution is 2.36. The van der Waals surface area contributed by atoms with Crippen LogP contribution in [0.3, 0.4) is 0 Å². The van der Waals surface area contributed by atoms with Gasteiger partial charge >= 0.3 is 0 Å². The molecule has 2 N–H and O–H groups in total. The number of benzene rings is 7. The number of fused-ring (bicyclic) bond motifs is 4. The lowest BCUT2D eigenvalue weighted by atomic mass is 9.99. The van der Waals surface area contributed by atoms with Gasteiger partial charge in [-0.1, -0.05) is 103 Å². The van der Waals surface area contributed by atoms with Gasteiger partial charge in [0.25, 0.3) is 0 Å². The van der Waals surface area contributed by atoms with Crippen LogP contribution in [0.4, 0.5) is 11.4 Å². The van der Waals surface area contributed by atoms with Crippen LogP contribution in [0.15, 0.2) is 166 Å². The first-order valence-corrected chi connectivity index (χ1v) is 17.6. The Morgan fingerprint density at radius 1 is 0.642 bits per heavy atom. The summed E-state index contributed by atoms with van der Waals surface area (Å²) in [5.74, 6) is 1.38. The number of furan rings is 1. The molecule has 0 radical (unpaired) electrons. The smallest absolute Gasteiger partial charge is 0.213 e. The Morgan fingerprint density at radius 3 is 2.06 bits per heavy atom. The molecule has 8 aromatic rings. The number of carbonyl (C=O) groups is 1. The number of nitrogens with one attached hydrogen (secondary N) is 2. The van der Waals surface area contributed by atoms with E-state index >= 15 is 0 Å². The van der Waals surface area contributed by atoms with E-state index in [2.05, 4.69) is 126 Å². The molecule has 0 fully saturated rings. The third-order valence-corrected chi connectivity index (χ3v) is 9.92. The van der Waals surface area contributed by atoms with Gasteiger partial charge in [-0.25, -0.2) is 9.98 Å². The molecule has 7 aromatic carbocycles. The monoisotopic (exact) mass is 689 g/mol. The summed E-state index contributed by atoms with van der Waals surface area (Å²) < 4.78 is 6.28. The van der Waals surface area contributed by atoms with E-state index in [0.29, 0.717) is 5.84 Å². The van der Waals surface area contributed by atoms with Gasteiger partial charge < -0.3 is 20.0 Å². The topological polar surface area (TPSA) is 82.2 Å². The van der Waals surface area contributed by atoms with Crippen LogP contribution in [0, 0.1) is 0 Å². The number of nitrogens with zero attached hydrogens (tertiary/aromatic N) is 3. The summed E-state index contributed by atoms with van der Waals surface area (Å²) in [6, 6.07) is 52.1. The maximum Gasteiger partial charge on any atom is 0.213 e. The molecule has 0 saturated carbocycles. The zero-order chi connectivity index (χ0) is 35.9. The maximum absolute atomic E-state index is 11.7. The molecular weight excluding hydrogens is 655 g/mol. The van der Waals surface area contributed by atoms with E-state index in [1.807, 2.05) is 43.4 Å². The first kappa shape index (κ1) is 32.0. The molecule has 7 heteroatoms. The molecule has 53 heavy (non-hydrogen) atoms. The van der Waals surface area contributed by atoms with Crippen molar-refractivity contribution >= 4 is 62.2 Å². The van der Waals surface area contributed by atoms with Gasteiger partial charge in [0, 0.05) is 36.0 Å². The van der Waals surface area contributed by atoms with Crippen molar-refractivity contribution in [1.29, 1.82) is 0 Å². The quantitative estimate of drug-likeness (QED) is 0.156. The van der Waals surface area contributed by atoms with Crippen LogP contribution in [0.1, 0.15) is 22.9 Å². The fourth-order valence-electron chi connectivity index (χ4n) is 7.13. The van der Waals surface area contributed by atoms with Crippen LogP contribution in [0.25, 0.3) is 55.0 Å². The van der Waals surface area contributed by atoms with Crippen molar-refractivity contribution in [3.63, 3.8) is 0 Å². The predicted octanol–water partition coefficient (Wildman–Crippen LogP) is 10.2. The number of rotatable bonds is 8. The minimum atomic E-state index is -0.336. The van der Waals surface area contributed by atoms with Gasteiger partial charge in [0.2, 0.25) is 6.41 Å². The van der Waals surface area contributed by atoms with Crippen molar-refractivity contribution in [3.8, 4) is 22.3 Å². The Labute approximate surface area is 306 Å². The number of hydrogen-bond acceptors (Lipinski definition) is 6. The molecule has 0 saturated heterocycles. The summed E-state index contributed by atoms with van der Waals surface area (Å²) in [4.78, 5) is 23.5. The molecule has 9 rings (SSSR count). The molecule has 1 atom stereocenters. The number of anilines is 2. The van der Waals surface area contributed by atoms with Crippen molar-refractivity contribution in [3.05, 3.63) is 168 Å². The largest absolute Gasteiger partial charge is 0.456 e. The minimum absolute atomic E-state index is 0.336. The first-order valence-electron chi connectivity index (χ1n) is 17.6. The molecule has 7 nitrogen and oxygen atoms in total. The van der Waals surface area contributed by atoms with Crippen LogP contribution >= 0.6 is 0 Å². The molecule has 0 aliphatic carbocycles. The Bertz CT molecular complexity index is 2750. The number of carbonyl (C=O) groups excluding carboxylic acids is 1. The number of amides is 1. The van der Waals surface area contributed by atoms with Crippen molar-refractivity contribution in [1.82, 2.24) is 5.32 Å². The van der Waals surface area contributed by atoms with Crippen molar-refractivity contribution in [2.45, 2.75) is 6.17 Å². The van der Waals surface area contributed by atoms with E-state index < -0.39 is 0 Å². The highest BCUT2D eigenvalue weighted by Gasteiger charge is 2.22. The van der Waals surface area contributed by atoms with Gasteiger partial charge in [0.1, 0.15) is 23.2 Å². The number of hydrogen-bond donors (Lipinski definition) is 2. The Hall–Kier alpha value is -6.99. The molecule has 1 amide bonds. The number of amidine groups is 2.